The fourth-order valence-electron chi connectivity index (χ4n) is 2.21. The van der Waals surface area contributed by atoms with Crippen LogP contribution in [0.2, 0.25) is 0 Å². The molecule has 0 aliphatic carbocycles. The Hall–Kier alpha value is -2.17. The average Bonchev–Trinajstić information content (AvgIpc) is 2.43. The lowest BCUT2D eigenvalue weighted by molar-refractivity contribution is 0.741. The van der Waals surface area contributed by atoms with E-state index >= 15 is 0 Å². The van der Waals surface area contributed by atoms with E-state index in [0.717, 1.165) is 24.5 Å². The molecule has 2 rings (SSSR count). The molecule has 0 spiro atoms. The molecule has 5 heteroatoms. The Morgan fingerprint density at radius 1 is 1.05 bits per heavy atom. The summed E-state index contributed by atoms with van der Waals surface area (Å²) < 4.78 is 0. The molecule has 0 unspecified atom stereocenters. The van der Waals surface area contributed by atoms with E-state index in [4.69, 9.17) is 0 Å². The number of hydrogen-bond donors (Lipinski definition) is 2. The third kappa shape index (κ3) is 5.02. The normalized spacial score (nSPS) is 10.4. The molecular weight excluding hydrogens is 262 g/mol. The second kappa shape index (κ2) is 7.57. The smallest absolute Gasteiger partial charge is 0.249 e. The van der Waals surface area contributed by atoms with Crippen molar-refractivity contribution in [2.24, 2.45) is 0 Å². The van der Waals surface area contributed by atoms with Gasteiger partial charge < -0.3 is 10.6 Å². The van der Waals surface area contributed by atoms with Crippen LogP contribution in [0.15, 0.2) is 24.4 Å². The van der Waals surface area contributed by atoms with Crippen LogP contribution in [-0.2, 0) is 0 Å². The van der Waals surface area contributed by atoms with Gasteiger partial charge in [-0.15, -0.1) is 5.10 Å². The van der Waals surface area contributed by atoms with Crippen LogP contribution in [0.3, 0.4) is 0 Å². The lowest BCUT2D eigenvalue weighted by Crippen LogP contribution is -2.07. The Balaban J connectivity index is 2.00. The van der Waals surface area contributed by atoms with E-state index in [-0.39, 0.29) is 0 Å². The average molecular weight is 285 g/mol. The van der Waals surface area contributed by atoms with Crippen LogP contribution in [-0.4, -0.2) is 21.7 Å². The molecule has 1 aromatic heterocycles. The van der Waals surface area contributed by atoms with Gasteiger partial charge in [0.15, 0.2) is 5.82 Å². The Labute approximate surface area is 126 Å². The maximum absolute atomic E-state index is 4.43. The number of aromatic nitrogens is 3. The Morgan fingerprint density at radius 2 is 1.81 bits per heavy atom. The molecule has 2 N–H and O–H groups in total. The zero-order valence-electron chi connectivity index (χ0n) is 13.0. The molecule has 0 atom stereocenters. The lowest BCUT2D eigenvalue weighted by Gasteiger charge is -2.08. The van der Waals surface area contributed by atoms with E-state index in [1.54, 1.807) is 6.20 Å². The highest BCUT2D eigenvalue weighted by molar-refractivity contribution is 5.56. The maximum atomic E-state index is 4.43. The van der Waals surface area contributed by atoms with E-state index in [0.29, 0.717) is 5.95 Å². The number of unbranched alkanes of at least 4 members (excludes halogenated alkanes) is 2. The first-order chi connectivity index (χ1) is 10.2. The maximum Gasteiger partial charge on any atom is 0.249 e. The number of nitrogens with one attached hydrogen (secondary N) is 2. The summed E-state index contributed by atoms with van der Waals surface area (Å²) in [4.78, 5) is 4.43. The summed E-state index contributed by atoms with van der Waals surface area (Å²) in [5, 5.41) is 14.5. The molecule has 5 nitrogen and oxygen atoms in total. The van der Waals surface area contributed by atoms with Crippen molar-refractivity contribution in [3.8, 4) is 0 Å². The molecular formula is C16H23N5. The zero-order chi connectivity index (χ0) is 15.1. The molecule has 0 fully saturated rings. The van der Waals surface area contributed by atoms with Crippen molar-refractivity contribution >= 4 is 17.5 Å². The van der Waals surface area contributed by atoms with Gasteiger partial charge in [0.25, 0.3) is 0 Å². The zero-order valence-corrected chi connectivity index (χ0v) is 13.0. The monoisotopic (exact) mass is 285 g/mol. The fraction of sp³-hybridized carbons (Fsp3) is 0.438. The van der Waals surface area contributed by atoms with Gasteiger partial charge in [-0.25, -0.2) is 0 Å². The second-order valence-corrected chi connectivity index (χ2v) is 5.30. The number of anilines is 3. The summed E-state index contributed by atoms with van der Waals surface area (Å²) in [5.74, 6) is 1.27. The van der Waals surface area contributed by atoms with Crippen molar-refractivity contribution in [1.29, 1.82) is 0 Å². The standard InChI is InChI=1S/C16H23N5/c1-4-5-6-7-17-15-11-18-21-16(20-15)19-14-9-12(2)8-13(3)10-14/h8-11H,4-7H2,1-3H3,(H2,17,19,20,21). The fourth-order valence-corrected chi connectivity index (χ4v) is 2.21. The summed E-state index contributed by atoms with van der Waals surface area (Å²) in [6.07, 6.45) is 5.22. The molecule has 1 aromatic carbocycles. The molecule has 0 saturated heterocycles. The van der Waals surface area contributed by atoms with Crippen LogP contribution >= 0.6 is 0 Å². The van der Waals surface area contributed by atoms with Gasteiger partial charge in [0.05, 0.1) is 6.20 Å². The minimum atomic E-state index is 0.514. The van der Waals surface area contributed by atoms with Crippen LogP contribution in [0.5, 0.6) is 0 Å². The topological polar surface area (TPSA) is 62.7 Å². The Kier molecular flexibility index (Phi) is 5.49. The summed E-state index contributed by atoms with van der Waals surface area (Å²) >= 11 is 0. The predicted molar refractivity (Wildman–Crippen MR) is 87.0 cm³/mol. The van der Waals surface area contributed by atoms with E-state index < -0.39 is 0 Å². The van der Waals surface area contributed by atoms with Crippen molar-refractivity contribution in [1.82, 2.24) is 15.2 Å². The highest BCUT2D eigenvalue weighted by atomic mass is 15.3. The number of nitrogens with zero attached hydrogens (tertiary/aromatic N) is 3. The molecule has 0 radical (unpaired) electrons. The molecule has 0 bridgehead atoms. The van der Waals surface area contributed by atoms with Crippen molar-refractivity contribution in [3.05, 3.63) is 35.5 Å². The first kappa shape index (κ1) is 15.2. The molecule has 21 heavy (non-hydrogen) atoms. The van der Waals surface area contributed by atoms with Gasteiger partial charge >= 0.3 is 0 Å². The summed E-state index contributed by atoms with van der Waals surface area (Å²) in [7, 11) is 0. The van der Waals surface area contributed by atoms with Gasteiger partial charge in [-0.1, -0.05) is 25.8 Å². The van der Waals surface area contributed by atoms with Crippen LogP contribution < -0.4 is 10.6 Å². The van der Waals surface area contributed by atoms with E-state index in [1.807, 2.05) is 0 Å². The minimum absolute atomic E-state index is 0.514. The molecule has 2 aromatic rings. The number of benzene rings is 1. The van der Waals surface area contributed by atoms with Crippen LogP contribution in [0.1, 0.15) is 37.3 Å². The van der Waals surface area contributed by atoms with Crippen molar-refractivity contribution in [2.45, 2.75) is 40.0 Å². The third-order valence-corrected chi connectivity index (χ3v) is 3.12. The van der Waals surface area contributed by atoms with E-state index in [2.05, 4.69) is 64.8 Å². The van der Waals surface area contributed by atoms with Crippen LogP contribution in [0, 0.1) is 13.8 Å². The molecule has 112 valence electrons. The quantitative estimate of drug-likeness (QED) is 0.757. The summed E-state index contributed by atoms with van der Waals surface area (Å²) in [6, 6.07) is 6.27. The first-order valence-corrected chi connectivity index (χ1v) is 7.46. The first-order valence-electron chi connectivity index (χ1n) is 7.46. The minimum Gasteiger partial charge on any atom is -0.369 e. The van der Waals surface area contributed by atoms with Gasteiger partial charge in [0.1, 0.15) is 0 Å². The largest absolute Gasteiger partial charge is 0.369 e. The Bertz CT molecular complexity index is 562. The van der Waals surface area contributed by atoms with Gasteiger partial charge in [-0.2, -0.15) is 10.1 Å². The Morgan fingerprint density at radius 3 is 2.52 bits per heavy atom. The predicted octanol–water partition coefficient (Wildman–Crippen LogP) is 3.83. The molecule has 0 amide bonds. The van der Waals surface area contributed by atoms with Crippen molar-refractivity contribution < 1.29 is 0 Å². The lowest BCUT2D eigenvalue weighted by atomic mass is 10.1. The van der Waals surface area contributed by atoms with Crippen molar-refractivity contribution in [2.75, 3.05) is 17.2 Å². The van der Waals surface area contributed by atoms with Gasteiger partial charge in [-0.3, -0.25) is 0 Å². The molecule has 0 aliphatic heterocycles. The number of rotatable bonds is 7. The van der Waals surface area contributed by atoms with E-state index in [9.17, 15) is 0 Å². The van der Waals surface area contributed by atoms with Crippen LogP contribution in [0.4, 0.5) is 17.5 Å². The highest BCUT2D eigenvalue weighted by Crippen LogP contribution is 2.17. The van der Waals surface area contributed by atoms with Crippen molar-refractivity contribution in [3.63, 3.8) is 0 Å². The number of aryl methyl sites for hydroxylation is 2. The summed E-state index contributed by atoms with van der Waals surface area (Å²) in [5.41, 5.74) is 3.40. The SMILES string of the molecule is CCCCCNc1cnnc(Nc2cc(C)cc(C)c2)n1. The van der Waals surface area contributed by atoms with Gasteiger partial charge in [-0.05, 0) is 43.5 Å². The molecule has 0 aliphatic rings. The van der Waals surface area contributed by atoms with Crippen LogP contribution in [0.25, 0.3) is 0 Å². The second-order valence-electron chi connectivity index (χ2n) is 5.30. The van der Waals surface area contributed by atoms with E-state index in [1.165, 1.54) is 24.0 Å². The van der Waals surface area contributed by atoms with Gasteiger partial charge in [0.2, 0.25) is 5.95 Å². The number of hydrogen-bond acceptors (Lipinski definition) is 5. The molecule has 0 saturated carbocycles. The molecule has 1 heterocycles. The summed E-state index contributed by atoms with van der Waals surface area (Å²) in [6.45, 7) is 7.25. The highest BCUT2D eigenvalue weighted by Gasteiger charge is 2.02. The van der Waals surface area contributed by atoms with Gasteiger partial charge in [0, 0.05) is 12.2 Å². The third-order valence-electron chi connectivity index (χ3n) is 3.12.